The van der Waals surface area contributed by atoms with Gasteiger partial charge in [-0.25, -0.2) is 0 Å². The molecule has 0 saturated carbocycles. The van der Waals surface area contributed by atoms with Gasteiger partial charge in [-0.2, -0.15) is 0 Å². The van der Waals surface area contributed by atoms with Crippen molar-refractivity contribution in [2.24, 2.45) is 0 Å². The van der Waals surface area contributed by atoms with Crippen LogP contribution in [0.15, 0.2) is 41.8 Å². The summed E-state index contributed by atoms with van der Waals surface area (Å²) in [5, 5.41) is 5.66. The van der Waals surface area contributed by atoms with E-state index in [1.54, 1.807) is 16.7 Å². The molecule has 0 aliphatic rings. The molecule has 0 fully saturated rings. The van der Waals surface area contributed by atoms with Crippen LogP contribution in [0.2, 0.25) is 0 Å². The van der Waals surface area contributed by atoms with Crippen LogP contribution in [0, 0.1) is 0 Å². The third kappa shape index (κ3) is 7.34. The fourth-order valence-electron chi connectivity index (χ4n) is 1.97. The Labute approximate surface area is 142 Å². The van der Waals surface area contributed by atoms with Gasteiger partial charge >= 0.3 is 0 Å². The third-order valence-corrected chi connectivity index (χ3v) is 4.14. The molecule has 0 heterocycles. The standard InChI is InChI=1S/C17H25N3O2S/c1-4-11-23-15-10-8-7-9-14(15)19-17(22)13-20(6-3)12-16(21)18-5-2/h4,7-10H,1,5-6,11-13H2,2-3H3,(H,18,21)(H,19,22). The molecule has 1 aromatic rings. The first kappa shape index (κ1) is 19.3. The number of carbonyl (C=O) groups is 2. The number of para-hydroxylation sites is 1. The summed E-state index contributed by atoms with van der Waals surface area (Å²) in [6.07, 6.45) is 1.83. The van der Waals surface area contributed by atoms with Crippen molar-refractivity contribution in [2.45, 2.75) is 18.7 Å². The maximum atomic E-state index is 12.2. The second-order valence-corrected chi connectivity index (χ2v) is 5.96. The highest BCUT2D eigenvalue weighted by Crippen LogP contribution is 2.26. The van der Waals surface area contributed by atoms with Gasteiger partial charge in [0.2, 0.25) is 11.8 Å². The maximum absolute atomic E-state index is 12.2. The van der Waals surface area contributed by atoms with Gasteiger partial charge in [0.15, 0.2) is 0 Å². The molecule has 2 N–H and O–H groups in total. The summed E-state index contributed by atoms with van der Waals surface area (Å²) in [6, 6.07) is 7.67. The van der Waals surface area contributed by atoms with Crippen LogP contribution >= 0.6 is 11.8 Å². The van der Waals surface area contributed by atoms with Crippen molar-refractivity contribution in [3.8, 4) is 0 Å². The van der Waals surface area contributed by atoms with E-state index < -0.39 is 0 Å². The lowest BCUT2D eigenvalue weighted by molar-refractivity contribution is -0.123. The van der Waals surface area contributed by atoms with E-state index in [0.29, 0.717) is 13.1 Å². The zero-order valence-corrected chi connectivity index (χ0v) is 14.6. The van der Waals surface area contributed by atoms with Gasteiger partial charge in [-0.15, -0.1) is 18.3 Å². The number of benzene rings is 1. The number of carbonyl (C=O) groups excluding carboxylic acids is 2. The smallest absolute Gasteiger partial charge is 0.238 e. The summed E-state index contributed by atoms with van der Waals surface area (Å²) in [5.41, 5.74) is 0.790. The van der Waals surface area contributed by atoms with Crippen LogP contribution in [0.3, 0.4) is 0 Å². The van der Waals surface area contributed by atoms with Crippen molar-refractivity contribution in [2.75, 3.05) is 37.2 Å². The zero-order chi connectivity index (χ0) is 17.1. The van der Waals surface area contributed by atoms with Crippen molar-refractivity contribution in [3.63, 3.8) is 0 Å². The van der Waals surface area contributed by atoms with Crippen LogP contribution in [0.25, 0.3) is 0 Å². The number of hydrogen-bond donors (Lipinski definition) is 2. The summed E-state index contributed by atoms with van der Waals surface area (Å²) >= 11 is 1.62. The average molecular weight is 335 g/mol. The van der Waals surface area contributed by atoms with Crippen LogP contribution in [-0.2, 0) is 9.59 Å². The topological polar surface area (TPSA) is 61.4 Å². The van der Waals surface area contributed by atoms with Crippen LogP contribution in [0.1, 0.15) is 13.8 Å². The Morgan fingerprint density at radius 3 is 2.57 bits per heavy atom. The molecule has 0 aliphatic heterocycles. The number of amides is 2. The first-order chi connectivity index (χ1) is 11.1. The molecule has 1 aromatic carbocycles. The molecule has 23 heavy (non-hydrogen) atoms. The van der Waals surface area contributed by atoms with Gasteiger partial charge in [-0.05, 0) is 25.6 Å². The largest absolute Gasteiger partial charge is 0.355 e. The van der Waals surface area contributed by atoms with Crippen molar-refractivity contribution in [3.05, 3.63) is 36.9 Å². The lowest BCUT2D eigenvalue weighted by Gasteiger charge is -2.19. The van der Waals surface area contributed by atoms with E-state index in [1.165, 1.54) is 0 Å². The minimum Gasteiger partial charge on any atom is -0.355 e. The maximum Gasteiger partial charge on any atom is 0.238 e. The fraction of sp³-hybridized carbons (Fsp3) is 0.412. The number of likely N-dealkylation sites (N-methyl/N-ethyl adjacent to an activating group) is 2. The lowest BCUT2D eigenvalue weighted by atomic mass is 10.3. The van der Waals surface area contributed by atoms with E-state index in [0.717, 1.165) is 16.3 Å². The number of nitrogens with zero attached hydrogens (tertiary/aromatic N) is 1. The van der Waals surface area contributed by atoms with Crippen molar-refractivity contribution in [1.82, 2.24) is 10.2 Å². The van der Waals surface area contributed by atoms with E-state index in [1.807, 2.05) is 44.2 Å². The second kappa shape index (κ2) is 10.9. The average Bonchev–Trinajstić information content (AvgIpc) is 2.53. The molecule has 5 nitrogen and oxygen atoms in total. The second-order valence-electron chi connectivity index (χ2n) is 4.90. The van der Waals surface area contributed by atoms with E-state index in [-0.39, 0.29) is 24.9 Å². The van der Waals surface area contributed by atoms with Crippen LogP contribution in [-0.4, -0.2) is 48.6 Å². The monoisotopic (exact) mass is 335 g/mol. The highest BCUT2D eigenvalue weighted by atomic mass is 32.2. The van der Waals surface area contributed by atoms with Gasteiger partial charge in [0.1, 0.15) is 0 Å². The van der Waals surface area contributed by atoms with E-state index >= 15 is 0 Å². The molecule has 0 aromatic heterocycles. The fourth-order valence-corrected chi connectivity index (χ4v) is 2.72. The van der Waals surface area contributed by atoms with Crippen molar-refractivity contribution >= 4 is 29.3 Å². The van der Waals surface area contributed by atoms with Crippen LogP contribution in [0.5, 0.6) is 0 Å². The summed E-state index contributed by atoms with van der Waals surface area (Å²) < 4.78 is 0. The van der Waals surface area contributed by atoms with Crippen LogP contribution in [0.4, 0.5) is 5.69 Å². The SMILES string of the molecule is C=CCSc1ccccc1NC(=O)CN(CC)CC(=O)NCC. The molecule has 0 saturated heterocycles. The summed E-state index contributed by atoms with van der Waals surface area (Å²) in [4.78, 5) is 26.7. The number of hydrogen-bond acceptors (Lipinski definition) is 4. The quantitative estimate of drug-likeness (QED) is 0.509. The molecule has 0 radical (unpaired) electrons. The first-order valence-corrected chi connectivity index (χ1v) is 8.70. The molecular formula is C17H25N3O2S. The Morgan fingerprint density at radius 1 is 1.22 bits per heavy atom. The summed E-state index contributed by atoms with van der Waals surface area (Å²) in [7, 11) is 0. The van der Waals surface area contributed by atoms with Gasteiger partial charge in [0, 0.05) is 17.2 Å². The Balaban J connectivity index is 2.61. The molecule has 0 unspecified atom stereocenters. The first-order valence-electron chi connectivity index (χ1n) is 7.72. The van der Waals surface area contributed by atoms with Gasteiger partial charge in [0.05, 0.1) is 18.8 Å². The molecule has 0 bridgehead atoms. The highest BCUT2D eigenvalue weighted by molar-refractivity contribution is 7.99. The van der Waals surface area contributed by atoms with Gasteiger partial charge in [0.25, 0.3) is 0 Å². The predicted molar refractivity (Wildman–Crippen MR) is 96.8 cm³/mol. The minimum absolute atomic E-state index is 0.0657. The molecule has 0 aliphatic carbocycles. The molecule has 1 rings (SSSR count). The van der Waals surface area contributed by atoms with E-state index in [2.05, 4.69) is 17.2 Å². The number of thioether (sulfide) groups is 1. The number of anilines is 1. The summed E-state index contributed by atoms with van der Waals surface area (Å²) in [6.45, 7) is 9.16. The Morgan fingerprint density at radius 2 is 1.91 bits per heavy atom. The van der Waals surface area contributed by atoms with Crippen LogP contribution < -0.4 is 10.6 Å². The summed E-state index contributed by atoms with van der Waals surface area (Å²) in [5.74, 6) is 0.595. The molecular weight excluding hydrogens is 310 g/mol. The van der Waals surface area contributed by atoms with Crippen molar-refractivity contribution < 1.29 is 9.59 Å². The third-order valence-electron chi connectivity index (χ3n) is 3.07. The predicted octanol–water partition coefficient (Wildman–Crippen LogP) is 2.36. The Kier molecular flexibility index (Phi) is 9.09. The normalized spacial score (nSPS) is 10.4. The Bertz CT molecular complexity index is 534. The van der Waals surface area contributed by atoms with Gasteiger partial charge < -0.3 is 10.6 Å². The van der Waals surface area contributed by atoms with E-state index in [4.69, 9.17) is 0 Å². The van der Waals surface area contributed by atoms with Gasteiger partial charge in [-0.3, -0.25) is 14.5 Å². The number of nitrogens with one attached hydrogen (secondary N) is 2. The lowest BCUT2D eigenvalue weighted by Crippen LogP contribution is -2.41. The molecule has 2 amide bonds. The van der Waals surface area contributed by atoms with E-state index in [9.17, 15) is 9.59 Å². The molecule has 6 heteroatoms. The molecule has 0 spiro atoms. The minimum atomic E-state index is -0.122. The highest BCUT2D eigenvalue weighted by Gasteiger charge is 2.13. The number of rotatable bonds is 10. The Hall–Kier alpha value is -1.79. The molecule has 0 atom stereocenters. The van der Waals surface area contributed by atoms with Crippen molar-refractivity contribution in [1.29, 1.82) is 0 Å². The zero-order valence-electron chi connectivity index (χ0n) is 13.8. The van der Waals surface area contributed by atoms with Gasteiger partial charge in [-0.1, -0.05) is 25.1 Å². The molecule has 126 valence electrons.